The highest BCUT2D eigenvalue weighted by molar-refractivity contribution is 6.31. The highest BCUT2D eigenvalue weighted by atomic mass is 35.5. The topological polar surface area (TPSA) is 73.9 Å². The Hall–Kier alpha value is -2.09. The van der Waals surface area contributed by atoms with E-state index in [1.165, 1.54) is 39.2 Å². The monoisotopic (exact) mass is 446 g/mol. The van der Waals surface area contributed by atoms with E-state index in [0.717, 1.165) is 26.2 Å². The maximum Gasteiger partial charge on any atom is 0.338 e. The Labute approximate surface area is 188 Å². The minimum atomic E-state index is -0.645. The van der Waals surface area contributed by atoms with Gasteiger partial charge in [-0.25, -0.2) is 9.59 Å². The molecule has 2 heterocycles. The summed E-state index contributed by atoms with van der Waals surface area (Å²) >= 11 is 6.39. The molecule has 168 valence electrons. The molecule has 0 spiro atoms. The molecular formula is C23H31ClN4O3. The lowest BCUT2D eigenvalue weighted by Gasteiger charge is -2.41. The molecule has 2 aliphatic heterocycles. The molecule has 1 aliphatic carbocycles. The van der Waals surface area contributed by atoms with Crippen LogP contribution >= 0.6 is 11.6 Å². The Balaban J connectivity index is 1.52. The highest BCUT2D eigenvalue weighted by Crippen LogP contribution is 2.32. The van der Waals surface area contributed by atoms with E-state index in [2.05, 4.69) is 20.4 Å². The number of esters is 1. The molecule has 4 rings (SSSR count). The SMILES string of the molecule is COC(=O)C1=C(CN2CCN(C3CCCCC3)CC2)NC(=O)N[C@H]1c1ccccc1Cl. The number of urea groups is 1. The molecule has 1 atom stereocenters. The Kier molecular flexibility index (Phi) is 7.15. The molecule has 0 bridgehead atoms. The van der Waals surface area contributed by atoms with Crippen molar-refractivity contribution in [3.8, 4) is 0 Å². The van der Waals surface area contributed by atoms with E-state index in [0.29, 0.717) is 34.4 Å². The standard InChI is InChI=1S/C23H31ClN4O3/c1-31-22(29)20-19(25-23(30)26-21(20)17-9-5-6-10-18(17)24)15-27-11-13-28(14-12-27)16-7-3-2-4-8-16/h5-6,9-10,16,21H,2-4,7-8,11-15H2,1H3,(H2,25,26,30)/t21-/m0/s1. The van der Waals surface area contributed by atoms with Crippen LogP contribution in [0.4, 0.5) is 4.79 Å². The second-order valence-electron chi connectivity index (χ2n) is 8.54. The molecule has 31 heavy (non-hydrogen) atoms. The van der Waals surface area contributed by atoms with Gasteiger partial charge < -0.3 is 15.4 Å². The Morgan fingerprint density at radius 3 is 2.52 bits per heavy atom. The predicted octanol–water partition coefficient (Wildman–Crippen LogP) is 3.07. The quantitative estimate of drug-likeness (QED) is 0.680. The van der Waals surface area contributed by atoms with Crippen LogP contribution in [-0.4, -0.2) is 67.7 Å². The molecule has 8 heteroatoms. The van der Waals surface area contributed by atoms with Crippen LogP contribution < -0.4 is 10.6 Å². The molecular weight excluding hydrogens is 416 g/mol. The predicted molar refractivity (Wildman–Crippen MR) is 120 cm³/mol. The van der Waals surface area contributed by atoms with Gasteiger partial charge in [0.1, 0.15) is 0 Å². The second-order valence-corrected chi connectivity index (χ2v) is 8.95. The molecule has 3 aliphatic rings. The number of hydrogen-bond acceptors (Lipinski definition) is 5. The maximum absolute atomic E-state index is 12.7. The minimum Gasteiger partial charge on any atom is -0.466 e. The molecule has 7 nitrogen and oxygen atoms in total. The van der Waals surface area contributed by atoms with Crippen molar-refractivity contribution in [3.05, 3.63) is 46.1 Å². The number of methoxy groups -OCH3 is 1. The number of benzene rings is 1. The van der Waals surface area contributed by atoms with Crippen molar-refractivity contribution < 1.29 is 14.3 Å². The van der Waals surface area contributed by atoms with Crippen LogP contribution in [0.15, 0.2) is 35.5 Å². The summed E-state index contributed by atoms with van der Waals surface area (Å²) in [6, 6.07) is 6.97. The Bertz CT molecular complexity index is 845. The average molecular weight is 447 g/mol. The third kappa shape index (κ3) is 5.05. The van der Waals surface area contributed by atoms with Crippen molar-refractivity contribution in [2.45, 2.75) is 44.2 Å². The third-order valence-corrected chi connectivity index (χ3v) is 7.00. The molecule has 0 unspecified atom stereocenters. The van der Waals surface area contributed by atoms with Gasteiger partial charge in [-0.15, -0.1) is 0 Å². The van der Waals surface area contributed by atoms with Crippen LogP contribution in [0.25, 0.3) is 0 Å². The van der Waals surface area contributed by atoms with Crippen molar-refractivity contribution in [1.29, 1.82) is 0 Å². The molecule has 2 N–H and O–H groups in total. The zero-order valence-electron chi connectivity index (χ0n) is 18.0. The van der Waals surface area contributed by atoms with Gasteiger partial charge in [0, 0.05) is 49.5 Å². The van der Waals surface area contributed by atoms with Gasteiger partial charge in [0.25, 0.3) is 0 Å². The van der Waals surface area contributed by atoms with E-state index in [1.807, 2.05) is 18.2 Å². The number of piperazine rings is 1. The molecule has 1 aromatic rings. The number of carbonyl (C=O) groups excluding carboxylic acids is 2. The van der Waals surface area contributed by atoms with Gasteiger partial charge in [0.05, 0.1) is 18.7 Å². The first kappa shape index (κ1) is 22.1. The highest BCUT2D eigenvalue weighted by Gasteiger charge is 2.35. The number of hydrogen-bond donors (Lipinski definition) is 2. The zero-order chi connectivity index (χ0) is 21.8. The van der Waals surface area contributed by atoms with E-state index in [4.69, 9.17) is 16.3 Å². The van der Waals surface area contributed by atoms with Crippen LogP contribution in [-0.2, 0) is 9.53 Å². The molecule has 0 radical (unpaired) electrons. The third-order valence-electron chi connectivity index (χ3n) is 6.65. The number of nitrogens with one attached hydrogen (secondary N) is 2. The molecule has 1 aromatic carbocycles. The van der Waals surface area contributed by atoms with Crippen molar-refractivity contribution in [2.75, 3.05) is 39.8 Å². The summed E-state index contributed by atoms with van der Waals surface area (Å²) < 4.78 is 5.07. The maximum atomic E-state index is 12.7. The van der Waals surface area contributed by atoms with Crippen molar-refractivity contribution >= 4 is 23.6 Å². The van der Waals surface area contributed by atoms with E-state index in [1.54, 1.807) is 6.07 Å². The van der Waals surface area contributed by atoms with Gasteiger partial charge in [-0.3, -0.25) is 9.80 Å². The van der Waals surface area contributed by atoms with Gasteiger partial charge in [-0.2, -0.15) is 0 Å². The van der Waals surface area contributed by atoms with E-state index >= 15 is 0 Å². The Morgan fingerprint density at radius 2 is 1.84 bits per heavy atom. The first-order valence-corrected chi connectivity index (χ1v) is 11.5. The van der Waals surface area contributed by atoms with Crippen LogP contribution in [0.2, 0.25) is 5.02 Å². The van der Waals surface area contributed by atoms with Gasteiger partial charge >= 0.3 is 12.0 Å². The van der Waals surface area contributed by atoms with Crippen molar-refractivity contribution in [3.63, 3.8) is 0 Å². The first-order valence-electron chi connectivity index (χ1n) is 11.2. The number of ether oxygens (including phenoxy) is 1. The number of carbonyl (C=O) groups is 2. The smallest absolute Gasteiger partial charge is 0.338 e. The summed E-state index contributed by atoms with van der Waals surface area (Å²) in [6.45, 7) is 4.36. The van der Waals surface area contributed by atoms with Crippen LogP contribution in [0, 0.1) is 0 Å². The van der Waals surface area contributed by atoms with Gasteiger partial charge in [0.2, 0.25) is 0 Å². The molecule has 0 aromatic heterocycles. The van der Waals surface area contributed by atoms with Crippen molar-refractivity contribution in [1.82, 2.24) is 20.4 Å². The summed E-state index contributed by atoms with van der Waals surface area (Å²) in [7, 11) is 1.36. The largest absolute Gasteiger partial charge is 0.466 e. The summed E-state index contributed by atoms with van der Waals surface area (Å²) in [6.07, 6.45) is 6.64. The molecule has 2 fully saturated rings. The lowest BCUT2D eigenvalue weighted by molar-refractivity contribution is -0.136. The van der Waals surface area contributed by atoms with E-state index < -0.39 is 12.0 Å². The van der Waals surface area contributed by atoms with Crippen LogP contribution in [0.1, 0.15) is 43.7 Å². The Morgan fingerprint density at radius 1 is 1.13 bits per heavy atom. The molecule has 1 saturated carbocycles. The van der Waals surface area contributed by atoms with E-state index in [9.17, 15) is 9.59 Å². The lowest BCUT2D eigenvalue weighted by Crippen LogP contribution is -2.53. The lowest BCUT2D eigenvalue weighted by atomic mass is 9.93. The minimum absolute atomic E-state index is 0.339. The number of rotatable bonds is 5. The van der Waals surface area contributed by atoms with Crippen molar-refractivity contribution in [2.24, 2.45) is 0 Å². The number of amides is 2. The fraction of sp³-hybridized carbons (Fsp3) is 0.565. The van der Waals surface area contributed by atoms with E-state index in [-0.39, 0.29) is 6.03 Å². The zero-order valence-corrected chi connectivity index (χ0v) is 18.8. The summed E-state index contributed by atoms with van der Waals surface area (Å²) in [5, 5.41) is 6.19. The second kappa shape index (κ2) is 10.0. The average Bonchev–Trinajstić information content (AvgIpc) is 2.80. The number of nitrogens with zero attached hydrogens (tertiary/aromatic N) is 2. The van der Waals surface area contributed by atoms with Crippen LogP contribution in [0.5, 0.6) is 0 Å². The summed E-state index contributed by atoms with van der Waals surface area (Å²) in [5.74, 6) is -0.465. The summed E-state index contributed by atoms with van der Waals surface area (Å²) in [5.41, 5.74) is 1.68. The summed E-state index contributed by atoms with van der Waals surface area (Å²) in [4.78, 5) is 30.1. The van der Waals surface area contributed by atoms with Gasteiger partial charge in [-0.1, -0.05) is 49.1 Å². The normalized spacial score (nSPS) is 23.9. The fourth-order valence-corrected chi connectivity index (χ4v) is 5.24. The number of halogens is 1. The fourth-order valence-electron chi connectivity index (χ4n) is 4.99. The van der Waals surface area contributed by atoms with Crippen LogP contribution in [0.3, 0.4) is 0 Å². The molecule has 1 saturated heterocycles. The van der Waals surface area contributed by atoms with Gasteiger partial charge in [-0.05, 0) is 24.5 Å². The van der Waals surface area contributed by atoms with Gasteiger partial charge in [0.15, 0.2) is 0 Å². The first-order chi connectivity index (χ1) is 15.1. The molecule has 2 amide bonds.